The normalized spacial score (nSPS) is 11.3. The quantitative estimate of drug-likeness (QED) is 0.295. The lowest BCUT2D eigenvalue weighted by Crippen LogP contribution is -2.08. The third-order valence-electron chi connectivity index (χ3n) is 4.97. The van der Waals surface area contributed by atoms with Crippen molar-refractivity contribution in [2.45, 2.75) is 9.79 Å². The fourth-order valence-corrected chi connectivity index (χ4v) is 6.29. The van der Waals surface area contributed by atoms with E-state index in [1.54, 1.807) is 18.2 Å². The molecule has 4 aromatic rings. The molecule has 6 nitrogen and oxygen atoms in total. The Labute approximate surface area is 204 Å². The number of ether oxygens (including phenoxy) is 1. The first-order valence-corrected chi connectivity index (χ1v) is 12.5. The maximum absolute atomic E-state index is 14.3. The van der Waals surface area contributed by atoms with Crippen LogP contribution in [0.2, 0.25) is 5.02 Å². The highest BCUT2D eigenvalue weighted by Crippen LogP contribution is 2.44. The van der Waals surface area contributed by atoms with Crippen molar-refractivity contribution >= 4 is 54.9 Å². The van der Waals surface area contributed by atoms with Crippen molar-refractivity contribution in [2.75, 3.05) is 18.2 Å². The van der Waals surface area contributed by atoms with Gasteiger partial charge in [-0.05, 0) is 60.7 Å². The van der Waals surface area contributed by atoms with Crippen molar-refractivity contribution in [2.24, 2.45) is 0 Å². The number of nitrogens with one attached hydrogen (secondary N) is 1. The molecule has 0 saturated heterocycles. The van der Waals surface area contributed by atoms with Crippen molar-refractivity contribution in [3.05, 3.63) is 94.1 Å². The molecule has 0 spiro atoms. The molecule has 0 aliphatic rings. The second-order valence-corrected chi connectivity index (χ2v) is 10.5. The number of ketones is 1. The molecule has 0 amide bonds. The van der Waals surface area contributed by atoms with Gasteiger partial charge in [-0.25, -0.2) is 12.8 Å². The van der Waals surface area contributed by atoms with E-state index in [2.05, 4.69) is 5.32 Å². The number of hydrogen-bond acceptors (Lipinski definition) is 7. The lowest BCUT2D eigenvalue weighted by molar-refractivity contribution is 0.104. The topological polar surface area (TPSA) is 98.5 Å². The molecule has 0 bridgehead atoms. The van der Waals surface area contributed by atoms with E-state index in [9.17, 15) is 17.6 Å². The van der Waals surface area contributed by atoms with Crippen LogP contribution in [0.4, 0.5) is 20.8 Å². The number of hydrogen-bond donors (Lipinski definition) is 2. The van der Waals surface area contributed by atoms with Crippen LogP contribution < -0.4 is 15.8 Å². The van der Waals surface area contributed by atoms with Crippen LogP contribution in [0.25, 0.3) is 0 Å². The average Bonchev–Trinajstić information content (AvgIpc) is 3.17. The molecule has 3 aromatic carbocycles. The number of sulfone groups is 1. The second-order valence-electron chi connectivity index (χ2n) is 7.12. The van der Waals surface area contributed by atoms with E-state index in [4.69, 9.17) is 22.1 Å². The summed E-state index contributed by atoms with van der Waals surface area (Å²) in [7, 11) is -2.72. The van der Waals surface area contributed by atoms with E-state index in [0.29, 0.717) is 10.8 Å². The molecule has 0 fully saturated rings. The lowest BCUT2D eigenvalue weighted by atomic mass is 10.1. The maximum Gasteiger partial charge on any atom is 0.211 e. The van der Waals surface area contributed by atoms with E-state index in [0.717, 1.165) is 11.3 Å². The van der Waals surface area contributed by atoms with Gasteiger partial charge in [0.15, 0.2) is 0 Å². The van der Waals surface area contributed by atoms with Gasteiger partial charge in [0.25, 0.3) is 0 Å². The molecule has 0 radical (unpaired) electrons. The Morgan fingerprint density at radius 2 is 1.68 bits per heavy atom. The number of para-hydroxylation sites is 1. The van der Waals surface area contributed by atoms with Crippen LogP contribution in [-0.2, 0) is 9.84 Å². The van der Waals surface area contributed by atoms with Gasteiger partial charge in [-0.3, -0.25) is 4.79 Å². The molecule has 0 aliphatic carbocycles. The van der Waals surface area contributed by atoms with Crippen molar-refractivity contribution < 1.29 is 22.3 Å². The summed E-state index contributed by atoms with van der Waals surface area (Å²) in [6.07, 6.45) is 0. The van der Waals surface area contributed by atoms with Crippen molar-refractivity contribution in [1.82, 2.24) is 0 Å². The van der Waals surface area contributed by atoms with Gasteiger partial charge in [-0.1, -0.05) is 23.7 Å². The van der Waals surface area contributed by atoms with E-state index in [1.165, 1.54) is 61.7 Å². The summed E-state index contributed by atoms with van der Waals surface area (Å²) >= 11 is 6.75. The third-order valence-corrected chi connectivity index (χ3v) is 8.33. The van der Waals surface area contributed by atoms with Gasteiger partial charge < -0.3 is 15.8 Å². The first-order valence-electron chi connectivity index (χ1n) is 9.85. The van der Waals surface area contributed by atoms with Gasteiger partial charge in [-0.2, -0.15) is 0 Å². The van der Waals surface area contributed by atoms with Gasteiger partial charge in [0, 0.05) is 10.6 Å². The molecule has 34 heavy (non-hydrogen) atoms. The van der Waals surface area contributed by atoms with Gasteiger partial charge in [-0.15, -0.1) is 11.3 Å². The summed E-state index contributed by atoms with van der Waals surface area (Å²) in [5.41, 5.74) is 6.37. The molecule has 1 aromatic heterocycles. The maximum atomic E-state index is 14.3. The molecule has 3 N–H and O–H groups in total. The summed E-state index contributed by atoms with van der Waals surface area (Å²) in [6, 6.07) is 17.7. The molecular weight excluding hydrogens is 499 g/mol. The largest absolute Gasteiger partial charge is 0.497 e. The first-order chi connectivity index (χ1) is 16.2. The standard InChI is InChI=1S/C24H18ClFN2O4S2/c1-32-16-10-12-17(13-11-16)34(30,31)23-20(27)22(21(29)14-6-8-15(25)9-7-14)33-24(23)28-19-5-3-2-4-18(19)26/h2-13,28H,27H2,1H3. The number of halogens is 2. The molecule has 174 valence electrons. The van der Waals surface area contributed by atoms with Gasteiger partial charge in [0.05, 0.1) is 23.4 Å². The summed E-state index contributed by atoms with van der Waals surface area (Å²) in [5.74, 6) is -0.597. The minimum absolute atomic E-state index is 0.00764. The number of carbonyl (C=O) groups excluding carboxylic acids is 1. The third kappa shape index (κ3) is 4.50. The first kappa shape index (κ1) is 23.7. The monoisotopic (exact) mass is 516 g/mol. The highest BCUT2D eigenvalue weighted by atomic mass is 35.5. The number of nitrogens with two attached hydrogens (primary N) is 1. The van der Waals surface area contributed by atoms with Crippen LogP contribution in [0.15, 0.2) is 82.6 Å². The smallest absolute Gasteiger partial charge is 0.211 e. The van der Waals surface area contributed by atoms with Crippen LogP contribution in [0.1, 0.15) is 15.2 Å². The number of benzene rings is 3. The minimum Gasteiger partial charge on any atom is -0.497 e. The fourth-order valence-electron chi connectivity index (χ4n) is 3.24. The molecule has 1 heterocycles. The zero-order chi connectivity index (χ0) is 24.5. The number of anilines is 3. The average molecular weight is 517 g/mol. The van der Waals surface area contributed by atoms with Crippen LogP contribution in [0.3, 0.4) is 0 Å². The van der Waals surface area contributed by atoms with Gasteiger partial charge >= 0.3 is 0 Å². The van der Waals surface area contributed by atoms with E-state index < -0.39 is 21.4 Å². The molecule has 0 saturated carbocycles. The Bertz CT molecular complexity index is 1470. The van der Waals surface area contributed by atoms with Crippen LogP contribution in [0.5, 0.6) is 5.75 Å². The predicted octanol–water partition coefficient (Wildman–Crippen LogP) is 5.94. The zero-order valence-electron chi connectivity index (χ0n) is 17.7. The number of nitrogen functional groups attached to an aromatic ring is 1. The molecular formula is C24H18ClFN2O4S2. The van der Waals surface area contributed by atoms with Crippen LogP contribution in [-0.4, -0.2) is 21.3 Å². The SMILES string of the molecule is COc1ccc(S(=O)(=O)c2c(Nc3ccccc3F)sc(C(=O)c3ccc(Cl)cc3)c2N)cc1. The molecule has 0 unspecified atom stereocenters. The Hall–Kier alpha value is -3.40. The predicted molar refractivity (Wildman–Crippen MR) is 132 cm³/mol. The summed E-state index contributed by atoms with van der Waals surface area (Å²) in [5, 5.41) is 3.27. The lowest BCUT2D eigenvalue weighted by Gasteiger charge is -2.10. The molecule has 10 heteroatoms. The van der Waals surface area contributed by atoms with E-state index in [-0.39, 0.29) is 36.6 Å². The minimum atomic E-state index is -4.19. The highest BCUT2D eigenvalue weighted by Gasteiger charge is 2.32. The van der Waals surface area contributed by atoms with Crippen molar-refractivity contribution in [1.29, 1.82) is 0 Å². The molecule has 4 rings (SSSR count). The number of rotatable bonds is 7. The van der Waals surface area contributed by atoms with Gasteiger partial charge in [0.1, 0.15) is 26.3 Å². The number of thiophene rings is 1. The highest BCUT2D eigenvalue weighted by molar-refractivity contribution is 7.92. The summed E-state index contributed by atoms with van der Waals surface area (Å²) in [4.78, 5) is 12.8. The molecule has 0 atom stereocenters. The molecule has 0 aliphatic heterocycles. The zero-order valence-corrected chi connectivity index (χ0v) is 20.1. The van der Waals surface area contributed by atoms with Crippen molar-refractivity contribution in [3.63, 3.8) is 0 Å². The Morgan fingerprint density at radius 3 is 2.29 bits per heavy atom. The number of methoxy groups -OCH3 is 1. The van der Waals surface area contributed by atoms with Crippen molar-refractivity contribution in [3.8, 4) is 5.75 Å². The van der Waals surface area contributed by atoms with Crippen LogP contribution in [0, 0.1) is 5.82 Å². The van der Waals surface area contributed by atoms with Gasteiger partial charge in [0.2, 0.25) is 15.6 Å². The Kier molecular flexibility index (Phi) is 6.60. The Balaban J connectivity index is 1.88. The Morgan fingerprint density at radius 1 is 1.03 bits per heavy atom. The summed E-state index contributed by atoms with van der Waals surface area (Å²) in [6.45, 7) is 0. The van der Waals surface area contributed by atoms with E-state index in [1.807, 2.05) is 0 Å². The fraction of sp³-hybridized carbons (Fsp3) is 0.0417. The van der Waals surface area contributed by atoms with Crippen LogP contribution >= 0.6 is 22.9 Å². The number of carbonyl (C=O) groups is 1. The van der Waals surface area contributed by atoms with E-state index >= 15 is 0 Å². The second kappa shape index (κ2) is 9.46. The summed E-state index contributed by atoms with van der Waals surface area (Å²) < 4.78 is 46.6.